The van der Waals surface area contributed by atoms with Crippen LogP contribution in [0.25, 0.3) is 0 Å². The minimum atomic E-state index is 0.481. The monoisotopic (exact) mass is 309 g/mol. The summed E-state index contributed by atoms with van der Waals surface area (Å²) >= 11 is 6.25. The van der Waals surface area contributed by atoms with Gasteiger partial charge in [-0.2, -0.15) is 0 Å². The molecule has 2 nitrogen and oxygen atoms in total. The van der Waals surface area contributed by atoms with Gasteiger partial charge < -0.3 is 9.47 Å². The third-order valence-electron chi connectivity index (χ3n) is 3.06. The maximum Gasteiger partial charge on any atom is 0.138 e. The first-order valence-corrected chi connectivity index (χ1v) is 7.29. The second kappa shape index (κ2) is 7.01. The Balaban J connectivity index is 1.67. The molecule has 0 bridgehead atoms. The van der Waals surface area contributed by atoms with Gasteiger partial charge in [-0.15, -0.1) is 0 Å². The number of ether oxygens (including phenoxy) is 2. The van der Waals surface area contributed by atoms with E-state index in [1.807, 2.05) is 54.6 Å². The van der Waals surface area contributed by atoms with Crippen molar-refractivity contribution in [3.63, 3.8) is 0 Å². The van der Waals surface area contributed by atoms with Crippen LogP contribution in [-0.2, 0) is 6.61 Å². The molecule has 0 aliphatic heterocycles. The highest BCUT2D eigenvalue weighted by atomic mass is 35.5. The fraction of sp³-hybridized carbons (Fsp3) is 0.0526. The quantitative estimate of drug-likeness (QED) is 0.618. The molecule has 0 atom stereocenters. The Bertz CT molecular complexity index is 727. The minimum absolute atomic E-state index is 0.481. The van der Waals surface area contributed by atoms with Gasteiger partial charge >= 0.3 is 0 Å². The summed E-state index contributed by atoms with van der Waals surface area (Å²) in [5.74, 6) is 2.05. The van der Waals surface area contributed by atoms with E-state index < -0.39 is 0 Å². The van der Waals surface area contributed by atoms with Crippen LogP contribution in [0.2, 0.25) is 5.02 Å². The van der Waals surface area contributed by atoms with Crippen molar-refractivity contribution >= 4 is 11.6 Å². The van der Waals surface area contributed by atoms with Crippen LogP contribution in [0.4, 0.5) is 0 Å². The van der Waals surface area contributed by atoms with Crippen LogP contribution < -0.4 is 9.47 Å². The van der Waals surface area contributed by atoms with Crippen LogP contribution in [0.5, 0.6) is 17.2 Å². The highest BCUT2D eigenvalue weighted by Crippen LogP contribution is 2.31. The lowest BCUT2D eigenvalue weighted by Gasteiger charge is -2.10. The van der Waals surface area contributed by atoms with Gasteiger partial charge in [-0.1, -0.05) is 54.1 Å². The van der Waals surface area contributed by atoms with Crippen molar-refractivity contribution in [2.45, 2.75) is 6.61 Å². The third-order valence-corrected chi connectivity index (χ3v) is 3.36. The highest BCUT2D eigenvalue weighted by Gasteiger charge is 2.05. The predicted octanol–water partition coefficient (Wildman–Crippen LogP) is 5.51. The van der Waals surface area contributed by atoms with Gasteiger partial charge in [0.25, 0.3) is 0 Å². The second-order valence-electron chi connectivity index (χ2n) is 4.70. The maximum atomic E-state index is 6.25. The Kier molecular flexibility index (Phi) is 4.62. The zero-order valence-corrected chi connectivity index (χ0v) is 12.6. The lowest BCUT2D eigenvalue weighted by Crippen LogP contribution is -1.95. The van der Waals surface area contributed by atoms with Crippen LogP contribution in [0.3, 0.4) is 0 Å². The van der Waals surface area contributed by atoms with E-state index in [0.29, 0.717) is 23.1 Å². The largest absolute Gasteiger partial charge is 0.487 e. The first-order chi connectivity index (χ1) is 10.8. The molecular weight excluding hydrogens is 296 g/mol. The molecule has 0 spiro atoms. The Morgan fingerprint density at radius 3 is 2.36 bits per heavy atom. The van der Waals surface area contributed by atoms with Crippen LogP contribution >= 0.6 is 11.6 Å². The highest BCUT2D eigenvalue weighted by molar-refractivity contribution is 6.32. The number of benzene rings is 3. The van der Waals surface area contributed by atoms with E-state index in [-0.39, 0.29) is 0 Å². The van der Waals surface area contributed by atoms with Gasteiger partial charge in [0.05, 0.1) is 5.02 Å². The van der Waals surface area contributed by atoms with Gasteiger partial charge in [0.1, 0.15) is 23.9 Å². The molecule has 0 unspecified atom stereocenters. The SMILES string of the molecule is Clc1cc(Oc2cc[c]cc2)ccc1OCc1ccccc1. The lowest BCUT2D eigenvalue weighted by atomic mass is 10.2. The van der Waals surface area contributed by atoms with Crippen LogP contribution in [-0.4, -0.2) is 0 Å². The summed E-state index contributed by atoms with van der Waals surface area (Å²) in [5, 5.41) is 0.524. The molecule has 0 aromatic heterocycles. The Labute approximate surface area is 134 Å². The molecule has 0 heterocycles. The van der Waals surface area contributed by atoms with Gasteiger partial charge in [-0.05, 0) is 35.9 Å². The number of hydrogen-bond donors (Lipinski definition) is 0. The van der Waals surface area contributed by atoms with Gasteiger partial charge in [0, 0.05) is 6.07 Å². The predicted molar refractivity (Wildman–Crippen MR) is 87.6 cm³/mol. The van der Waals surface area contributed by atoms with Gasteiger partial charge in [0.2, 0.25) is 0 Å². The second-order valence-corrected chi connectivity index (χ2v) is 5.11. The van der Waals surface area contributed by atoms with E-state index >= 15 is 0 Å². The molecule has 22 heavy (non-hydrogen) atoms. The molecule has 3 aromatic carbocycles. The summed E-state index contributed by atoms with van der Waals surface area (Å²) in [6.45, 7) is 0.481. The topological polar surface area (TPSA) is 18.5 Å². The van der Waals surface area contributed by atoms with E-state index in [4.69, 9.17) is 21.1 Å². The molecule has 3 rings (SSSR count). The van der Waals surface area contributed by atoms with Crippen molar-refractivity contribution in [3.05, 3.63) is 89.4 Å². The summed E-state index contributed by atoms with van der Waals surface area (Å²) in [4.78, 5) is 0. The lowest BCUT2D eigenvalue weighted by molar-refractivity contribution is 0.306. The summed E-state index contributed by atoms with van der Waals surface area (Å²) in [6, 6.07) is 25.6. The normalized spacial score (nSPS) is 10.2. The van der Waals surface area contributed by atoms with Crippen molar-refractivity contribution in [2.75, 3.05) is 0 Å². The maximum absolute atomic E-state index is 6.25. The van der Waals surface area contributed by atoms with Crippen molar-refractivity contribution in [1.29, 1.82) is 0 Å². The van der Waals surface area contributed by atoms with E-state index in [1.165, 1.54) is 0 Å². The number of rotatable bonds is 5. The van der Waals surface area contributed by atoms with Crippen molar-refractivity contribution < 1.29 is 9.47 Å². The first-order valence-electron chi connectivity index (χ1n) is 6.91. The zero-order valence-electron chi connectivity index (χ0n) is 11.8. The number of halogens is 1. The molecule has 0 aliphatic rings. The Hall–Kier alpha value is -2.45. The molecule has 0 N–H and O–H groups in total. The van der Waals surface area contributed by atoms with Gasteiger partial charge in [-0.25, -0.2) is 0 Å². The fourth-order valence-corrected chi connectivity index (χ4v) is 2.20. The fourth-order valence-electron chi connectivity index (χ4n) is 1.97. The average Bonchev–Trinajstić information content (AvgIpc) is 2.56. The summed E-state index contributed by atoms with van der Waals surface area (Å²) in [6.07, 6.45) is 0. The molecule has 109 valence electrons. The molecule has 3 heteroatoms. The van der Waals surface area contributed by atoms with Gasteiger partial charge in [0.15, 0.2) is 0 Å². The summed E-state index contributed by atoms with van der Waals surface area (Å²) in [7, 11) is 0. The minimum Gasteiger partial charge on any atom is -0.487 e. The van der Waals surface area contributed by atoms with Crippen molar-refractivity contribution in [2.24, 2.45) is 0 Å². The smallest absolute Gasteiger partial charge is 0.138 e. The Morgan fingerprint density at radius 2 is 1.64 bits per heavy atom. The molecule has 0 saturated carbocycles. The summed E-state index contributed by atoms with van der Waals surface area (Å²) in [5.41, 5.74) is 1.10. The van der Waals surface area contributed by atoms with Crippen LogP contribution in [0, 0.1) is 6.07 Å². The van der Waals surface area contributed by atoms with E-state index in [1.54, 1.807) is 18.2 Å². The molecule has 1 radical (unpaired) electrons. The van der Waals surface area contributed by atoms with E-state index in [0.717, 1.165) is 11.3 Å². The van der Waals surface area contributed by atoms with E-state index in [9.17, 15) is 0 Å². The average molecular weight is 310 g/mol. The Morgan fingerprint density at radius 1 is 0.864 bits per heavy atom. The van der Waals surface area contributed by atoms with Crippen molar-refractivity contribution in [3.8, 4) is 17.2 Å². The molecule has 0 amide bonds. The molecule has 0 fully saturated rings. The van der Waals surface area contributed by atoms with Crippen LogP contribution in [0.1, 0.15) is 5.56 Å². The standard InChI is InChI=1S/C19H14ClO2/c20-18-13-17(22-16-9-5-2-6-10-16)11-12-19(18)21-14-15-7-3-1-4-8-15/h1,3-13H,14H2. The first kappa shape index (κ1) is 14.5. The van der Waals surface area contributed by atoms with Gasteiger partial charge in [-0.3, -0.25) is 0 Å². The third kappa shape index (κ3) is 3.80. The number of hydrogen-bond acceptors (Lipinski definition) is 2. The van der Waals surface area contributed by atoms with Crippen molar-refractivity contribution in [1.82, 2.24) is 0 Å². The molecular formula is C19H14ClO2. The molecule has 0 saturated heterocycles. The van der Waals surface area contributed by atoms with E-state index in [2.05, 4.69) is 6.07 Å². The van der Waals surface area contributed by atoms with Crippen LogP contribution in [0.15, 0.2) is 72.8 Å². The molecule has 3 aromatic rings. The summed E-state index contributed by atoms with van der Waals surface area (Å²) < 4.78 is 11.5. The molecule has 0 aliphatic carbocycles. The zero-order chi connectivity index (χ0) is 15.2.